The van der Waals surface area contributed by atoms with E-state index in [1.165, 1.54) is 0 Å². The van der Waals surface area contributed by atoms with Gasteiger partial charge in [0.2, 0.25) is 0 Å². The van der Waals surface area contributed by atoms with Gasteiger partial charge in [0.05, 0.1) is 14.2 Å². The first-order valence-electron chi connectivity index (χ1n) is 6.38. The third kappa shape index (κ3) is 3.89. The molecular formula is C16H16ClNO3. The number of halogens is 1. The molecule has 0 aliphatic rings. The molecule has 0 unspecified atom stereocenters. The number of ether oxygens (including phenoxy) is 2. The molecular weight excluding hydrogens is 290 g/mol. The Morgan fingerprint density at radius 2 is 1.81 bits per heavy atom. The number of hydrogen-bond acceptors (Lipinski definition) is 3. The fourth-order valence-corrected chi connectivity index (χ4v) is 2.08. The summed E-state index contributed by atoms with van der Waals surface area (Å²) in [5, 5.41) is 3.38. The number of methoxy groups -OCH3 is 2. The maximum absolute atomic E-state index is 12.1. The Balaban J connectivity index is 2.03. The SMILES string of the molecule is COc1cccc(C(=O)NCc2ccc(OC)cc2Cl)c1. The minimum absolute atomic E-state index is 0.180. The van der Waals surface area contributed by atoms with Crippen LogP contribution in [0, 0.1) is 0 Å². The second-order valence-electron chi connectivity index (χ2n) is 4.37. The lowest BCUT2D eigenvalue weighted by atomic mass is 10.1. The highest BCUT2D eigenvalue weighted by Gasteiger charge is 2.08. The van der Waals surface area contributed by atoms with Gasteiger partial charge in [0, 0.05) is 17.1 Å². The van der Waals surface area contributed by atoms with E-state index in [2.05, 4.69) is 5.32 Å². The van der Waals surface area contributed by atoms with Crippen LogP contribution in [0.2, 0.25) is 5.02 Å². The number of rotatable bonds is 5. The van der Waals surface area contributed by atoms with Crippen LogP contribution < -0.4 is 14.8 Å². The number of amides is 1. The highest BCUT2D eigenvalue weighted by atomic mass is 35.5. The lowest BCUT2D eigenvalue weighted by Crippen LogP contribution is -2.22. The van der Waals surface area contributed by atoms with Gasteiger partial charge >= 0.3 is 0 Å². The number of carbonyl (C=O) groups excluding carboxylic acids is 1. The Labute approximate surface area is 128 Å². The van der Waals surface area contributed by atoms with Crippen molar-refractivity contribution in [2.45, 2.75) is 6.54 Å². The lowest BCUT2D eigenvalue weighted by Gasteiger charge is -2.09. The summed E-state index contributed by atoms with van der Waals surface area (Å²) in [6.07, 6.45) is 0. The largest absolute Gasteiger partial charge is 0.497 e. The maximum Gasteiger partial charge on any atom is 0.251 e. The van der Waals surface area contributed by atoms with Crippen LogP contribution in [-0.2, 0) is 6.54 Å². The van der Waals surface area contributed by atoms with Gasteiger partial charge < -0.3 is 14.8 Å². The summed E-state index contributed by atoms with van der Waals surface area (Å²) in [5.74, 6) is 1.15. The van der Waals surface area contributed by atoms with Crippen LogP contribution in [0.25, 0.3) is 0 Å². The number of nitrogens with one attached hydrogen (secondary N) is 1. The number of hydrogen-bond donors (Lipinski definition) is 1. The van der Waals surface area contributed by atoms with Crippen molar-refractivity contribution in [2.24, 2.45) is 0 Å². The predicted molar refractivity (Wildman–Crippen MR) is 82.2 cm³/mol. The van der Waals surface area contributed by atoms with Crippen LogP contribution in [0.15, 0.2) is 42.5 Å². The molecule has 0 aliphatic heterocycles. The molecule has 0 atom stereocenters. The van der Waals surface area contributed by atoms with Crippen molar-refractivity contribution in [3.63, 3.8) is 0 Å². The summed E-state index contributed by atoms with van der Waals surface area (Å²) in [7, 11) is 3.14. The summed E-state index contributed by atoms with van der Waals surface area (Å²) in [4.78, 5) is 12.1. The molecule has 5 heteroatoms. The van der Waals surface area contributed by atoms with Crippen molar-refractivity contribution < 1.29 is 14.3 Å². The lowest BCUT2D eigenvalue weighted by molar-refractivity contribution is 0.0950. The molecule has 1 N–H and O–H groups in total. The molecule has 0 fully saturated rings. The van der Waals surface area contributed by atoms with E-state index in [0.29, 0.717) is 28.6 Å². The van der Waals surface area contributed by atoms with Gasteiger partial charge in [-0.25, -0.2) is 0 Å². The van der Waals surface area contributed by atoms with Gasteiger partial charge in [-0.05, 0) is 35.9 Å². The standard InChI is InChI=1S/C16H16ClNO3/c1-20-13-5-3-4-11(8-13)16(19)18-10-12-6-7-14(21-2)9-15(12)17/h3-9H,10H2,1-2H3,(H,18,19). The first-order valence-corrected chi connectivity index (χ1v) is 6.76. The highest BCUT2D eigenvalue weighted by Crippen LogP contribution is 2.22. The molecule has 2 rings (SSSR count). The van der Waals surface area contributed by atoms with E-state index >= 15 is 0 Å². The molecule has 110 valence electrons. The Morgan fingerprint density at radius 1 is 1.10 bits per heavy atom. The second kappa shape index (κ2) is 6.99. The van der Waals surface area contributed by atoms with Gasteiger partial charge in [-0.2, -0.15) is 0 Å². The molecule has 2 aromatic carbocycles. The average Bonchev–Trinajstić information content (AvgIpc) is 2.53. The van der Waals surface area contributed by atoms with Crippen molar-refractivity contribution >= 4 is 17.5 Å². The van der Waals surface area contributed by atoms with Crippen molar-refractivity contribution in [1.29, 1.82) is 0 Å². The van der Waals surface area contributed by atoms with Crippen LogP contribution in [0.1, 0.15) is 15.9 Å². The fourth-order valence-electron chi connectivity index (χ4n) is 1.84. The molecule has 0 saturated carbocycles. The number of benzene rings is 2. The number of carbonyl (C=O) groups is 1. The molecule has 0 aliphatic carbocycles. The molecule has 0 heterocycles. The van der Waals surface area contributed by atoms with Crippen LogP contribution >= 0.6 is 11.6 Å². The van der Waals surface area contributed by atoms with E-state index in [9.17, 15) is 4.79 Å². The minimum Gasteiger partial charge on any atom is -0.497 e. The Morgan fingerprint density at radius 3 is 2.48 bits per heavy atom. The molecule has 2 aromatic rings. The van der Waals surface area contributed by atoms with Crippen molar-refractivity contribution in [3.05, 3.63) is 58.6 Å². The van der Waals surface area contributed by atoms with Gasteiger partial charge in [0.25, 0.3) is 5.91 Å². The third-order valence-corrected chi connectivity index (χ3v) is 3.38. The average molecular weight is 306 g/mol. The smallest absolute Gasteiger partial charge is 0.251 e. The van der Waals surface area contributed by atoms with Crippen LogP contribution in [0.3, 0.4) is 0 Å². The van der Waals surface area contributed by atoms with Crippen LogP contribution in [-0.4, -0.2) is 20.1 Å². The van der Waals surface area contributed by atoms with Gasteiger partial charge in [0.1, 0.15) is 11.5 Å². The van der Waals surface area contributed by atoms with Crippen LogP contribution in [0.4, 0.5) is 0 Å². The Bertz CT molecular complexity index is 643. The summed E-state index contributed by atoms with van der Waals surface area (Å²) < 4.78 is 10.2. The Hall–Kier alpha value is -2.20. The molecule has 21 heavy (non-hydrogen) atoms. The summed E-state index contributed by atoms with van der Waals surface area (Å²) >= 11 is 6.13. The molecule has 0 aromatic heterocycles. The van der Waals surface area contributed by atoms with Crippen molar-refractivity contribution in [1.82, 2.24) is 5.32 Å². The Kier molecular flexibility index (Phi) is 5.06. The van der Waals surface area contributed by atoms with Gasteiger partial charge in [-0.1, -0.05) is 23.7 Å². The predicted octanol–water partition coefficient (Wildman–Crippen LogP) is 3.29. The first-order chi connectivity index (χ1) is 10.1. The summed E-state index contributed by atoms with van der Waals surface area (Å²) in [6.45, 7) is 0.346. The monoisotopic (exact) mass is 305 g/mol. The van der Waals surface area contributed by atoms with E-state index in [4.69, 9.17) is 21.1 Å². The maximum atomic E-state index is 12.1. The zero-order valence-corrected chi connectivity index (χ0v) is 12.6. The van der Waals surface area contributed by atoms with E-state index in [0.717, 1.165) is 5.56 Å². The van der Waals surface area contributed by atoms with Crippen molar-refractivity contribution in [2.75, 3.05) is 14.2 Å². The zero-order valence-electron chi connectivity index (χ0n) is 11.9. The van der Waals surface area contributed by atoms with E-state index in [1.807, 2.05) is 6.07 Å². The van der Waals surface area contributed by atoms with E-state index < -0.39 is 0 Å². The fraction of sp³-hybridized carbons (Fsp3) is 0.188. The minimum atomic E-state index is -0.180. The summed E-state index contributed by atoms with van der Waals surface area (Å²) in [5.41, 5.74) is 1.37. The normalized spacial score (nSPS) is 10.0. The molecule has 0 saturated heterocycles. The second-order valence-corrected chi connectivity index (χ2v) is 4.78. The van der Waals surface area contributed by atoms with Gasteiger partial charge in [-0.15, -0.1) is 0 Å². The van der Waals surface area contributed by atoms with Gasteiger partial charge in [0.15, 0.2) is 0 Å². The van der Waals surface area contributed by atoms with E-state index in [1.54, 1.807) is 50.6 Å². The van der Waals surface area contributed by atoms with E-state index in [-0.39, 0.29) is 5.91 Å². The molecule has 0 bridgehead atoms. The molecule has 0 spiro atoms. The third-order valence-electron chi connectivity index (χ3n) is 3.03. The molecule has 4 nitrogen and oxygen atoms in total. The topological polar surface area (TPSA) is 47.6 Å². The molecule has 0 radical (unpaired) electrons. The highest BCUT2D eigenvalue weighted by molar-refractivity contribution is 6.31. The summed E-state index contributed by atoms with van der Waals surface area (Å²) in [6, 6.07) is 12.3. The quantitative estimate of drug-likeness (QED) is 0.922. The van der Waals surface area contributed by atoms with Crippen LogP contribution in [0.5, 0.6) is 11.5 Å². The van der Waals surface area contributed by atoms with Crippen molar-refractivity contribution in [3.8, 4) is 11.5 Å². The zero-order chi connectivity index (χ0) is 15.2. The first kappa shape index (κ1) is 15.2. The van der Waals surface area contributed by atoms with Gasteiger partial charge in [-0.3, -0.25) is 4.79 Å². The molecule has 1 amide bonds.